The first-order valence-corrected chi connectivity index (χ1v) is 8.19. The van der Waals surface area contributed by atoms with E-state index in [0.717, 1.165) is 6.29 Å². The Bertz CT molecular complexity index is 818. The summed E-state index contributed by atoms with van der Waals surface area (Å²) in [7, 11) is 3.20. The molecule has 0 spiro atoms. The number of carbonyl (C=O) groups excluding carboxylic acids is 1. The molecule has 4 nitrogen and oxygen atoms in total. The largest absolute Gasteiger partial charge is 0.497 e. The van der Waals surface area contributed by atoms with E-state index in [-0.39, 0.29) is 0 Å². The highest BCUT2D eigenvalue weighted by atomic mass is 16.5. The van der Waals surface area contributed by atoms with Crippen LogP contribution in [0.15, 0.2) is 72.8 Å². The lowest BCUT2D eigenvalue weighted by Gasteiger charge is -2.30. The Morgan fingerprint density at radius 3 is 1.35 bits per heavy atom. The lowest BCUT2D eigenvalue weighted by Crippen LogP contribution is -2.28. The Morgan fingerprint density at radius 2 is 1.04 bits per heavy atom. The fraction of sp³-hybridized carbons (Fsp3) is 0.136. The second-order valence-corrected chi connectivity index (χ2v) is 5.91. The van der Waals surface area contributed by atoms with Gasteiger partial charge in [0.25, 0.3) is 0 Å². The number of carbonyl (C=O) groups is 1. The Kier molecular flexibility index (Phi) is 5.05. The number of rotatable bonds is 6. The standard InChI is InChI=1S/C22H20O4/c1-25-20-11-7-18(8-12-20)22(24,17-5-3-16(15-23)4-6-17)19-9-13-21(26-2)14-10-19/h3-15,24H,1-2H3. The zero-order chi connectivity index (χ0) is 18.6. The summed E-state index contributed by atoms with van der Waals surface area (Å²) >= 11 is 0. The molecular weight excluding hydrogens is 328 g/mol. The third-order valence-electron chi connectivity index (χ3n) is 4.48. The summed E-state index contributed by atoms with van der Waals surface area (Å²) in [5.74, 6) is 1.42. The van der Waals surface area contributed by atoms with Crippen LogP contribution in [0.1, 0.15) is 27.0 Å². The van der Waals surface area contributed by atoms with Gasteiger partial charge in [0.05, 0.1) is 14.2 Å². The van der Waals surface area contributed by atoms with E-state index in [1.807, 2.05) is 48.5 Å². The minimum atomic E-state index is -1.38. The van der Waals surface area contributed by atoms with E-state index < -0.39 is 5.60 Å². The molecular formula is C22H20O4. The van der Waals surface area contributed by atoms with E-state index in [1.54, 1.807) is 38.5 Å². The monoisotopic (exact) mass is 348 g/mol. The minimum absolute atomic E-state index is 0.556. The normalized spacial score (nSPS) is 11.0. The van der Waals surface area contributed by atoms with Crippen LogP contribution < -0.4 is 9.47 Å². The molecule has 3 aromatic carbocycles. The van der Waals surface area contributed by atoms with E-state index in [0.29, 0.717) is 33.8 Å². The highest BCUT2D eigenvalue weighted by molar-refractivity contribution is 5.74. The number of hydrogen-bond donors (Lipinski definition) is 1. The van der Waals surface area contributed by atoms with Gasteiger partial charge in [0.15, 0.2) is 0 Å². The van der Waals surface area contributed by atoms with Gasteiger partial charge >= 0.3 is 0 Å². The molecule has 0 aliphatic rings. The highest BCUT2D eigenvalue weighted by Gasteiger charge is 2.33. The molecule has 0 aromatic heterocycles. The third-order valence-corrected chi connectivity index (χ3v) is 4.48. The number of benzene rings is 3. The first-order chi connectivity index (χ1) is 12.6. The number of ether oxygens (including phenoxy) is 2. The Labute approximate surface area is 152 Å². The van der Waals surface area contributed by atoms with Crippen LogP contribution in [0.25, 0.3) is 0 Å². The van der Waals surface area contributed by atoms with Crippen molar-refractivity contribution in [3.63, 3.8) is 0 Å². The second kappa shape index (κ2) is 7.42. The van der Waals surface area contributed by atoms with Crippen LogP contribution in [-0.2, 0) is 5.60 Å². The van der Waals surface area contributed by atoms with Gasteiger partial charge in [-0.1, -0.05) is 48.5 Å². The second-order valence-electron chi connectivity index (χ2n) is 5.91. The molecule has 0 aliphatic heterocycles. The molecule has 0 saturated carbocycles. The van der Waals surface area contributed by atoms with Crippen LogP contribution in [0.4, 0.5) is 0 Å². The van der Waals surface area contributed by atoms with Crippen LogP contribution in [-0.4, -0.2) is 25.6 Å². The maximum Gasteiger partial charge on any atom is 0.150 e. The van der Waals surface area contributed by atoms with Crippen molar-refractivity contribution in [2.75, 3.05) is 14.2 Å². The van der Waals surface area contributed by atoms with Crippen molar-refractivity contribution in [2.45, 2.75) is 5.60 Å². The maximum absolute atomic E-state index is 11.7. The molecule has 0 fully saturated rings. The Hall–Kier alpha value is -3.11. The fourth-order valence-electron chi connectivity index (χ4n) is 2.97. The first-order valence-electron chi connectivity index (χ1n) is 8.19. The zero-order valence-corrected chi connectivity index (χ0v) is 14.7. The number of hydrogen-bond acceptors (Lipinski definition) is 4. The van der Waals surface area contributed by atoms with Gasteiger partial charge < -0.3 is 14.6 Å². The molecule has 4 heteroatoms. The van der Waals surface area contributed by atoms with Crippen LogP contribution in [0.2, 0.25) is 0 Å². The lowest BCUT2D eigenvalue weighted by atomic mass is 9.80. The summed E-state index contributed by atoms with van der Waals surface area (Å²) in [6.45, 7) is 0. The van der Waals surface area contributed by atoms with Crippen molar-refractivity contribution >= 4 is 6.29 Å². The van der Waals surface area contributed by atoms with Gasteiger partial charge in [-0.05, 0) is 41.0 Å². The average molecular weight is 348 g/mol. The van der Waals surface area contributed by atoms with E-state index >= 15 is 0 Å². The molecule has 132 valence electrons. The molecule has 0 bridgehead atoms. The topological polar surface area (TPSA) is 55.8 Å². The number of aldehydes is 1. The van der Waals surface area contributed by atoms with Crippen molar-refractivity contribution in [1.29, 1.82) is 0 Å². The van der Waals surface area contributed by atoms with Gasteiger partial charge in [-0.2, -0.15) is 0 Å². The van der Waals surface area contributed by atoms with E-state index in [4.69, 9.17) is 9.47 Å². The van der Waals surface area contributed by atoms with Gasteiger partial charge in [0.1, 0.15) is 23.4 Å². The SMILES string of the molecule is COc1ccc(C(O)(c2ccc(C=O)cc2)c2ccc(OC)cc2)cc1. The molecule has 0 unspecified atom stereocenters. The average Bonchev–Trinajstić information content (AvgIpc) is 2.73. The molecule has 1 N–H and O–H groups in total. The molecule has 0 aliphatic carbocycles. The van der Waals surface area contributed by atoms with E-state index in [2.05, 4.69) is 0 Å². The molecule has 0 heterocycles. The predicted molar refractivity (Wildman–Crippen MR) is 99.9 cm³/mol. The van der Waals surface area contributed by atoms with Crippen LogP contribution in [0, 0.1) is 0 Å². The smallest absolute Gasteiger partial charge is 0.150 e. The highest BCUT2D eigenvalue weighted by Crippen LogP contribution is 2.38. The minimum Gasteiger partial charge on any atom is -0.497 e. The van der Waals surface area contributed by atoms with Crippen LogP contribution >= 0.6 is 0 Å². The van der Waals surface area contributed by atoms with Crippen molar-refractivity contribution < 1.29 is 19.4 Å². The van der Waals surface area contributed by atoms with Gasteiger partial charge in [-0.3, -0.25) is 4.79 Å². The lowest BCUT2D eigenvalue weighted by molar-refractivity contribution is 0.112. The fourth-order valence-corrected chi connectivity index (χ4v) is 2.97. The van der Waals surface area contributed by atoms with Gasteiger partial charge in [-0.25, -0.2) is 0 Å². The molecule has 26 heavy (non-hydrogen) atoms. The van der Waals surface area contributed by atoms with Crippen LogP contribution in [0.5, 0.6) is 11.5 Å². The summed E-state index contributed by atoms with van der Waals surface area (Å²) in [6.07, 6.45) is 0.781. The van der Waals surface area contributed by atoms with Crippen molar-refractivity contribution in [1.82, 2.24) is 0 Å². The van der Waals surface area contributed by atoms with Gasteiger partial charge in [-0.15, -0.1) is 0 Å². The number of methoxy groups -OCH3 is 2. The van der Waals surface area contributed by atoms with Crippen LogP contribution in [0.3, 0.4) is 0 Å². The predicted octanol–water partition coefficient (Wildman–Crippen LogP) is 3.80. The summed E-state index contributed by atoms with van der Waals surface area (Å²) in [5.41, 5.74) is 1.24. The quantitative estimate of drug-likeness (QED) is 0.544. The van der Waals surface area contributed by atoms with E-state index in [9.17, 15) is 9.90 Å². The van der Waals surface area contributed by atoms with Crippen molar-refractivity contribution in [3.8, 4) is 11.5 Å². The molecule has 3 rings (SSSR count). The molecule has 0 saturated heterocycles. The van der Waals surface area contributed by atoms with Crippen molar-refractivity contribution in [3.05, 3.63) is 95.1 Å². The molecule has 0 atom stereocenters. The Morgan fingerprint density at radius 1 is 0.692 bits per heavy atom. The first kappa shape index (κ1) is 17.7. The van der Waals surface area contributed by atoms with Gasteiger partial charge in [0.2, 0.25) is 0 Å². The molecule has 3 aromatic rings. The summed E-state index contributed by atoms with van der Waals surface area (Å²) < 4.78 is 10.4. The van der Waals surface area contributed by atoms with Gasteiger partial charge in [0, 0.05) is 5.56 Å². The van der Waals surface area contributed by atoms with E-state index in [1.165, 1.54) is 0 Å². The van der Waals surface area contributed by atoms with Crippen molar-refractivity contribution in [2.24, 2.45) is 0 Å². The molecule has 0 radical (unpaired) electrons. The molecule has 0 amide bonds. The Balaban J connectivity index is 2.16. The zero-order valence-electron chi connectivity index (χ0n) is 14.7. The summed E-state index contributed by atoms with van der Waals surface area (Å²) in [5, 5.41) is 11.7. The number of aliphatic hydroxyl groups is 1. The summed E-state index contributed by atoms with van der Waals surface area (Å²) in [4.78, 5) is 11.0. The summed E-state index contributed by atoms with van der Waals surface area (Å²) in [6, 6.07) is 21.5. The maximum atomic E-state index is 11.7. The third kappa shape index (κ3) is 3.19.